The molecule has 4 rings (SSSR count). The van der Waals surface area contributed by atoms with Crippen molar-refractivity contribution in [2.45, 2.75) is 129 Å². The molecule has 3 nitrogen and oxygen atoms in total. The molecule has 38 heavy (non-hydrogen) atoms. The largest absolute Gasteiger partial charge is 0.413 e. The van der Waals surface area contributed by atoms with Crippen molar-refractivity contribution in [3.05, 3.63) is 47.1 Å². The van der Waals surface area contributed by atoms with Crippen LogP contribution in [0.2, 0.25) is 18.1 Å². The number of fused-ring (bicyclic) bond motifs is 5. The maximum absolute atomic E-state index is 10.9. The number of aliphatic hydroxyl groups is 2. The molecule has 0 amide bonds. The number of hydrogen-bond acceptors (Lipinski definition) is 4. The van der Waals surface area contributed by atoms with Crippen LogP contribution in [0.1, 0.15) is 87.5 Å². The molecule has 0 bridgehead atoms. The van der Waals surface area contributed by atoms with Crippen molar-refractivity contribution in [3.63, 3.8) is 0 Å². The molecule has 0 saturated heterocycles. The second-order valence-corrected chi connectivity index (χ2v) is 21.2. The minimum absolute atomic E-state index is 0.0365. The highest BCUT2D eigenvalue weighted by Gasteiger charge is 2.58. The predicted molar refractivity (Wildman–Crippen MR) is 166 cm³/mol. The number of thioether (sulfide) groups is 1. The lowest BCUT2D eigenvalue weighted by molar-refractivity contribution is -0.0417. The quantitative estimate of drug-likeness (QED) is 0.244. The van der Waals surface area contributed by atoms with Crippen LogP contribution in [-0.4, -0.2) is 47.3 Å². The van der Waals surface area contributed by atoms with Crippen molar-refractivity contribution < 1.29 is 14.6 Å². The molecule has 0 unspecified atom stereocenters. The Balaban J connectivity index is 1.57. The van der Waals surface area contributed by atoms with E-state index in [0.717, 1.165) is 25.0 Å². The minimum atomic E-state index is -1.99. The zero-order valence-electron chi connectivity index (χ0n) is 25.7. The highest BCUT2D eigenvalue weighted by atomic mass is 32.2. The summed E-state index contributed by atoms with van der Waals surface area (Å²) in [5.74, 6) is 1.97. The van der Waals surface area contributed by atoms with Crippen LogP contribution < -0.4 is 0 Å². The van der Waals surface area contributed by atoms with Gasteiger partial charge in [0.05, 0.1) is 17.8 Å². The third-order valence-corrected chi connectivity index (χ3v) is 16.5. The van der Waals surface area contributed by atoms with E-state index >= 15 is 0 Å². The molecule has 2 fully saturated rings. The average molecular weight is 559 g/mol. The third kappa shape index (κ3) is 5.49. The molecule has 0 aromatic rings. The fraction of sp³-hybridized carbons (Fsp3) is 0.758. The van der Waals surface area contributed by atoms with Crippen molar-refractivity contribution in [1.29, 1.82) is 0 Å². The van der Waals surface area contributed by atoms with Gasteiger partial charge < -0.3 is 14.6 Å². The summed E-state index contributed by atoms with van der Waals surface area (Å²) < 4.78 is 7.18. The van der Waals surface area contributed by atoms with Gasteiger partial charge in [0.15, 0.2) is 8.32 Å². The Labute approximate surface area is 238 Å². The van der Waals surface area contributed by atoms with Crippen molar-refractivity contribution >= 4 is 20.1 Å². The summed E-state index contributed by atoms with van der Waals surface area (Å²) in [6, 6.07) is 0. The smallest absolute Gasteiger partial charge is 0.192 e. The third-order valence-electron chi connectivity index (χ3n) is 10.9. The van der Waals surface area contributed by atoms with Crippen LogP contribution >= 0.6 is 11.8 Å². The molecule has 4 aliphatic carbocycles. The van der Waals surface area contributed by atoms with Gasteiger partial charge in [-0.15, -0.1) is 0 Å². The van der Waals surface area contributed by atoms with Crippen LogP contribution in [0.4, 0.5) is 0 Å². The first-order chi connectivity index (χ1) is 17.4. The van der Waals surface area contributed by atoms with Crippen LogP contribution in [0.3, 0.4) is 0 Å². The van der Waals surface area contributed by atoms with Crippen molar-refractivity contribution in [1.82, 2.24) is 0 Å². The van der Waals surface area contributed by atoms with Gasteiger partial charge in [-0.2, -0.15) is 11.8 Å². The zero-order chi connectivity index (χ0) is 28.3. The van der Waals surface area contributed by atoms with Gasteiger partial charge in [-0.05, 0) is 88.3 Å². The monoisotopic (exact) mass is 558 g/mol. The van der Waals surface area contributed by atoms with Crippen LogP contribution in [-0.2, 0) is 4.43 Å². The summed E-state index contributed by atoms with van der Waals surface area (Å²) in [6.45, 7) is 22.7. The Morgan fingerprint density at radius 2 is 1.84 bits per heavy atom. The molecule has 2 saturated carbocycles. The standard InChI is InChI=1S/C33H54O3SSi/c1-22(37-19-11-17-31(5,6)35)26-14-15-27-25-13-12-23-20-24(34)21-29(36-38(9,10)30(2,3)4)33(23,8)28(25)16-18-32(26,27)7/h11-14,17,22,24,27-29,34-35H,15-16,18-21H2,1-10H3/b17-11+/t22-,24+,27-,28-,29-,32+,33-/m0/s1. The van der Waals surface area contributed by atoms with Crippen LogP contribution in [0, 0.1) is 22.7 Å². The van der Waals surface area contributed by atoms with Crippen LogP contribution in [0.15, 0.2) is 47.1 Å². The maximum Gasteiger partial charge on any atom is 0.192 e. The normalized spacial score (nSPS) is 36.7. The molecule has 2 N–H and O–H groups in total. The topological polar surface area (TPSA) is 49.7 Å². The van der Waals surface area contributed by atoms with E-state index < -0.39 is 13.9 Å². The van der Waals surface area contributed by atoms with E-state index in [9.17, 15) is 10.2 Å². The van der Waals surface area contributed by atoms with E-state index in [-0.39, 0.29) is 28.1 Å². The summed E-state index contributed by atoms with van der Waals surface area (Å²) in [6.07, 6.45) is 16.2. The number of aliphatic hydroxyl groups excluding tert-OH is 1. The fourth-order valence-electron chi connectivity index (χ4n) is 7.60. The van der Waals surface area contributed by atoms with E-state index in [0.29, 0.717) is 17.1 Å². The first kappa shape index (κ1) is 30.4. The van der Waals surface area contributed by atoms with Crippen molar-refractivity contribution in [2.75, 3.05) is 5.75 Å². The minimum Gasteiger partial charge on any atom is -0.413 e. The molecule has 0 radical (unpaired) electrons. The van der Waals surface area contributed by atoms with Crippen molar-refractivity contribution in [2.24, 2.45) is 22.7 Å². The summed E-state index contributed by atoms with van der Waals surface area (Å²) in [4.78, 5) is 0. The van der Waals surface area contributed by atoms with Gasteiger partial charge in [0.25, 0.3) is 0 Å². The summed E-state index contributed by atoms with van der Waals surface area (Å²) >= 11 is 1.98. The van der Waals surface area contributed by atoms with E-state index in [1.807, 2.05) is 31.7 Å². The molecule has 214 valence electrons. The molecule has 5 heteroatoms. The van der Waals surface area contributed by atoms with Crippen molar-refractivity contribution in [3.8, 4) is 0 Å². The van der Waals surface area contributed by atoms with Crippen LogP contribution in [0.25, 0.3) is 0 Å². The van der Waals surface area contributed by atoms with Gasteiger partial charge in [-0.3, -0.25) is 0 Å². The Kier molecular flexibility index (Phi) is 8.27. The fourth-order valence-corrected chi connectivity index (χ4v) is 10.0. The lowest BCUT2D eigenvalue weighted by Crippen LogP contribution is -2.57. The maximum atomic E-state index is 10.9. The SMILES string of the molecule is C[C@H](SC/C=C/C(C)(C)O)C1=CC[C@H]2C3=CC=C4C[C@@H](O)C[C@H](O[Si](C)(C)C(C)(C)C)[C@]4(C)[C@H]3CC[C@]12C. The van der Waals surface area contributed by atoms with Gasteiger partial charge in [0, 0.05) is 16.4 Å². The van der Waals surface area contributed by atoms with Gasteiger partial charge in [-0.25, -0.2) is 0 Å². The summed E-state index contributed by atoms with van der Waals surface area (Å²) in [7, 11) is -1.99. The number of hydrogen-bond donors (Lipinski definition) is 2. The lowest BCUT2D eigenvalue weighted by atomic mass is 9.49. The van der Waals surface area contributed by atoms with E-state index in [1.165, 1.54) is 18.4 Å². The molecule has 0 spiro atoms. The van der Waals surface area contributed by atoms with E-state index in [2.05, 4.69) is 78.9 Å². The highest BCUT2D eigenvalue weighted by Crippen LogP contribution is 2.65. The molecule has 0 aliphatic heterocycles. The summed E-state index contributed by atoms with van der Waals surface area (Å²) in [5.41, 5.74) is 4.09. The Bertz CT molecular complexity index is 1030. The molecule has 0 aromatic heterocycles. The molecule has 0 aromatic carbocycles. The number of allylic oxidation sites excluding steroid dienone is 4. The van der Waals surface area contributed by atoms with E-state index in [4.69, 9.17) is 4.43 Å². The molecular weight excluding hydrogens is 505 g/mol. The second-order valence-electron chi connectivity index (χ2n) is 15.1. The molecule has 7 atom stereocenters. The number of rotatable bonds is 7. The second kappa shape index (κ2) is 10.3. The Hall–Kier alpha value is -0.593. The molecule has 4 aliphatic rings. The Morgan fingerprint density at radius 1 is 1.16 bits per heavy atom. The van der Waals surface area contributed by atoms with Crippen LogP contribution in [0.5, 0.6) is 0 Å². The molecule has 0 heterocycles. The Morgan fingerprint density at radius 3 is 2.47 bits per heavy atom. The highest BCUT2D eigenvalue weighted by molar-refractivity contribution is 8.00. The van der Waals surface area contributed by atoms with Gasteiger partial charge >= 0.3 is 0 Å². The zero-order valence-corrected chi connectivity index (χ0v) is 27.5. The first-order valence-electron chi connectivity index (χ1n) is 14.9. The average Bonchev–Trinajstić information content (AvgIpc) is 3.13. The van der Waals surface area contributed by atoms with Gasteiger partial charge in [0.2, 0.25) is 0 Å². The van der Waals surface area contributed by atoms with Gasteiger partial charge in [-0.1, -0.05) is 81.7 Å². The molecular formula is C33H54O3SSi. The first-order valence-corrected chi connectivity index (χ1v) is 18.8. The lowest BCUT2D eigenvalue weighted by Gasteiger charge is -2.58. The summed E-state index contributed by atoms with van der Waals surface area (Å²) in [5, 5.41) is 21.5. The predicted octanol–water partition coefficient (Wildman–Crippen LogP) is 8.22. The van der Waals surface area contributed by atoms with Gasteiger partial charge in [0.1, 0.15) is 0 Å². The van der Waals surface area contributed by atoms with E-state index in [1.54, 1.807) is 11.1 Å².